The van der Waals surface area contributed by atoms with Crippen LogP contribution >= 0.6 is 0 Å². The molecule has 2 heterocycles. The summed E-state index contributed by atoms with van der Waals surface area (Å²) in [6, 6.07) is 0.0179. The molecule has 5 nitrogen and oxygen atoms in total. The van der Waals surface area contributed by atoms with Crippen molar-refractivity contribution in [1.82, 2.24) is 14.3 Å². The monoisotopic (exact) mass is 275 g/mol. The van der Waals surface area contributed by atoms with Crippen LogP contribution in [0.25, 0.3) is 0 Å². The van der Waals surface area contributed by atoms with Gasteiger partial charge in [0.25, 0.3) is 10.2 Å². The predicted octanol–water partition coefficient (Wildman–Crippen LogP) is 0.551. The first-order valence-electron chi connectivity index (χ1n) is 6.97. The van der Waals surface area contributed by atoms with E-state index in [0.717, 1.165) is 32.4 Å². The number of hydrogen-bond acceptors (Lipinski definition) is 3. The lowest BCUT2D eigenvalue weighted by molar-refractivity contribution is 0.281. The lowest BCUT2D eigenvalue weighted by Gasteiger charge is -2.31. The Labute approximate surface area is 110 Å². The Morgan fingerprint density at radius 2 is 1.94 bits per heavy atom. The van der Waals surface area contributed by atoms with Crippen LogP contribution < -0.4 is 10.0 Å². The molecule has 2 rings (SSSR count). The average Bonchev–Trinajstić information content (AvgIpc) is 2.82. The van der Waals surface area contributed by atoms with Crippen molar-refractivity contribution in [3.05, 3.63) is 0 Å². The summed E-state index contributed by atoms with van der Waals surface area (Å²) in [6.07, 6.45) is 3.00. The molecular weight excluding hydrogens is 250 g/mol. The minimum atomic E-state index is -3.29. The normalized spacial score (nSPS) is 29.6. The summed E-state index contributed by atoms with van der Waals surface area (Å²) in [5.41, 5.74) is 0. The van der Waals surface area contributed by atoms with Gasteiger partial charge in [-0.3, -0.25) is 0 Å². The Bertz CT molecular complexity index is 358. The largest absolute Gasteiger partial charge is 0.316 e. The van der Waals surface area contributed by atoms with Crippen molar-refractivity contribution in [3.8, 4) is 0 Å². The van der Waals surface area contributed by atoms with E-state index in [1.165, 1.54) is 0 Å². The van der Waals surface area contributed by atoms with E-state index < -0.39 is 10.2 Å². The second-order valence-corrected chi connectivity index (χ2v) is 7.45. The number of rotatable bonds is 4. The molecule has 0 aromatic carbocycles. The van der Waals surface area contributed by atoms with E-state index in [0.29, 0.717) is 24.9 Å². The summed E-state index contributed by atoms with van der Waals surface area (Å²) >= 11 is 0. The number of piperidine rings is 1. The minimum Gasteiger partial charge on any atom is -0.316 e. The third-order valence-electron chi connectivity index (χ3n) is 4.22. The molecule has 18 heavy (non-hydrogen) atoms. The molecule has 2 atom stereocenters. The third-order valence-corrected chi connectivity index (χ3v) is 5.94. The van der Waals surface area contributed by atoms with Gasteiger partial charge in [0.2, 0.25) is 0 Å². The van der Waals surface area contributed by atoms with Gasteiger partial charge in [0.05, 0.1) is 0 Å². The Morgan fingerprint density at radius 3 is 2.50 bits per heavy atom. The highest BCUT2D eigenvalue weighted by Crippen LogP contribution is 2.19. The summed E-state index contributed by atoms with van der Waals surface area (Å²) in [7, 11) is -3.29. The Hall–Kier alpha value is -0.170. The molecule has 2 unspecified atom stereocenters. The molecule has 2 aliphatic rings. The van der Waals surface area contributed by atoms with Crippen molar-refractivity contribution in [2.45, 2.75) is 39.2 Å². The molecule has 2 N–H and O–H groups in total. The molecule has 0 amide bonds. The highest BCUT2D eigenvalue weighted by Gasteiger charge is 2.30. The van der Waals surface area contributed by atoms with Crippen LogP contribution in [0, 0.1) is 11.8 Å². The average molecular weight is 275 g/mol. The van der Waals surface area contributed by atoms with Crippen molar-refractivity contribution in [2.75, 3.05) is 26.2 Å². The van der Waals surface area contributed by atoms with Gasteiger partial charge in [0.15, 0.2) is 0 Å². The van der Waals surface area contributed by atoms with Gasteiger partial charge in [-0.2, -0.15) is 17.4 Å². The van der Waals surface area contributed by atoms with Crippen LogP contribution in [-0.4, -0.2) is 44.9 Å². The standard InChI is InChI=1S/C12H25N3O2S/c1-10-4-7-15(8-5-10)18(16,17)14-11(2)12-3-6-13-9-12/h10-14H,3-9H2,1-2H3. The maximum Gasteiger partial charge on any atom is 0.279 e. The summed E-state index contributed by atoms with van der Waals surface area (Å²) < 4.78 is 29.0. The number of hydrogen-bond donors (Lipinski definition) is 2. The number of nitrogens with one attached hydrogen (secondary N) is 2. The van der Waals surface area contributed by atoms with E-state index in [-0.39, 0.29) is 6.04 Å². The molecule has 0 aliphatic carbocycles. The zero-order valence-corrected chi connectivity index (χ0v) is 12.2. The van der Waals surface area contributed by atoms with Crippen molar-refractivity contribution < 1.29 is 8.42 Å². The zero-order valence-electron chi connectivity index (χ0n) is 11.4. The molecule has 2 aliphatic heterocycles. The van der Waals surface area contributed by atoms with E-state index in [2.05, 4.69) is 17.0 Å². The molecule has 0 aromatic heterocycles. The van der Waals surface area contributed by atoms with Gasteiger partial charge in [0.1, 0.15) is 0 Å². The Balaban J connectivity index is 1.90. The van der Waals surface area contributed by atoms with Gasteiger partial charge in [-0.25, -0.2) is 0 Å². The lowest BCUT2D eigenvalue weighted by Crippen LogP contribution is -2.49. The first-order chi connectivity index (χ1) is 8.49. The second kappa shape index (κ2) is 5.86. The van der Waals surface area contributed by atoms with Crippen LogP contribution in [-0.2, 0) is 10.2 Å². The maximum atomic E-state index is 12.3. The van der Waals surface area contributed by atoms with E-state index in [1.54, 1.807) is 4.31 Å². The van der Waals surface area contributed by atoms with Crippen LogP contribution in [0.5, 0.6) is 0 Å². The van der Waals surface area contributed by atoms with Gasteiger partial charge in [-0.05, 0) is 51.1 Å². The molecule has 2 fully saturated rings. The molecule has 2 saturated heterocycles. The van der Waals surface area contributed by atoms with Gasteiger partial charge in [-0.1, -0.05) is 6.92 Å². The molecular formula is C12H25N3O2S. The van der Waals surface area contributed by atoms with E-state index >= 15 is 0 Å². The molecule has 0 aromatic rings. The van der Waals surface area contributed by atoms with Crippen LogP contribution in [0.3, 0.4) is 0 Å². The number of nitrogens with zero attached hydrogens (tertiary/aromatic N) is 1. The first-order valence-corrected chi connectivity index (χ1v) is 8.41. The molecule has 0 saturated carbocycles. The van der Waals surface area contributed by atoms with Gasteiger partial charge >= 0.3 is 0 Å². The fraction of sp³-hybridized carbons (Fsp3) is 1.00. The summed E-state index contributed by atoms with van der Waals surface area (Å²) in [5.74, 6) is 1.07. The highest BCUT2D eigenvalue weighted by molar-refractivity contribution is 7.87. The van der Waals surface area contributed by atoms with Crippen molar-refractivity contribution in [1.29, 1.82) is 0 Å². The van der Waals surface area contributed by atoms with Crippen LogP contribution in [0.15, 0.2) is 0 Å². The Kier molecular flexibility index (Phi) is 4.64. The van der Waals surface area contributed by atoms with Gasteiger partial charge in [0, 0.05) is 19.1 Å². The van der Waals surface area contributed by atoms with Gasteiger partial charge < -0.3 is 5.32 Å². The summed E-state index contributed by atoms with van der Waals surface area (Å²) in [6.45, 7) is 7.39. The minimum absolute atomic E-state index is 0.0179. The van der Waals surface area contributed by atoms with E-state index in [1.807, 2.05) is 6.92 Å². The third kappa shape index (κ3) is 3.44. The zero-order chi connectivity index (χ0) is 13.2. The molecule has 0 radical (unpaired) electrons. The fourth-order valence-corrected chi connectivity index (χ4v) is 4.24. The predicted molar refractivity (Wildman–Crippen MR) is 72.5 cm³/mol. The summed E-state index contributed by atoms with van der Waals surface area (Å²) in [5, 5.41) is 3.28. The molecule has 0 bridgehead atoms. The van der Waals surface area contributed by atoms with Crippen molar-refractivity contribution in [2.24, 2.45) is 11.8 Å². The van der Waals surface area contributed by atoms with E-state index in [9.17, 15) is 8.42 Å². The van der Waals surface area contributed by atoms with E-state index in [4.69, 9.17) is 0 Å². The quantitative estimate of drug-likeness (QED) is 0.788. The van der Waals surface area contributed by atoms with Crippen LogP contribution in [0.4, 0.5) is 0 Å². The van der Waals surface area contributed by atoms with Crippen molar-refractivity contribution >= 4 is 10.2 Å². The Morgan fingerprint density at radius 1 is 1.28 bits per heavy atom. The molecule has 106 valence electrons. The second-order valence-electron chi connectivity index (χ2n) is 5.75. The highest BCUT2D eigenvalue weighted by atomic mass is 32.2. The van der Waals surface area contributed by atoms with Crippen LogP contribution in [0.1, 0.15) is 33.1 Å². The topological polar surface area (TPSA) is 61.4 Å². The lowest BCUT2D eigenvalue weighted by atomic mass is 10.0. The summed E-state index contributed by atoms with van der Waals surface area (Å²) in [4.78, 5) is 0. The smallest absolute Gasteiger partial charge is 0.279 e. The van der Waals surface area contributed by atoms with Crippen LogP contribution in [0.2, 0.25) is 0 Å². The van der Waals surface area contributed by atoms with Crippen molar-refractivity contribution in [3.63, 3.8) is 0 Å². The first kappa shape index (κ1) is 14.2. The maximum absolute atomic E-state index is 12.3. The SMILES string of the molecule is CC1CCN(S(=O)(=O)NC(C)C2CCNC2)CC1. The fourth-order valence-electron chi connectivity index (χ4n) is 2.73. The molecule has 6 heteroatoms. The molecule has 0 spiro atoms. The van der Waals surface area contributed by atoms with Gasteiger partial charge in [-0.15, -0.1) is 0 Å².